The van der Waals surface area contributed by atoms with Crippen molar-refractivity contribution in [2.75, 3.05) is 39.8 Å². The molecule has 0 aromatic heterocycles. The molecule has 1 unspecified atom stereocenters. The van der Waals surface area contributed by atoms with Gasteiger partial charge in [0.25, 0.3) is 0 Å². The topological polar surface area (TPSA) is 30.9 Å². The van der Waals surface area contributed by atoms with E-state index in [0.717, 1.165) is 32.6 Å². The van der Waals surface area contributed by atoms with E-state index in [4.69, 9.17) is 0 Å². The molecule has 0 spiro atoms. The largest absolute Gasteiger partial charge is 0.390 e. The number of halogens is 3. The van der Waals surface area contributed by atoms with Crippen LogP contribution in [0.15, 0.2) is 17.1 Å². The molecule has 0 aromatic rings. The molecule has 20 heavy (non-hydrogen) atoms. The quantitative estimate of drug-likeness (QED) is 0.485. The predicted octanol–water partition coefficient (Wildman–Crippen LogP) is 1.46. The molecule has 1 fully saturated rings. The first-order valence-corrected chi connectivity index (χ1v) is 6.91. The maximum Gasteiger partial charge on any atom is 0.390 e. The molecule has 2 rings (SSSR count). The summed E-state index contributed by atoms with van der Waals surface area (Å²) in [6.45, 7) is 3.49. The summed E-state index contributed by atoms with van der Waals surface area (Å²) in [6.07, 6.45) is 0.375. The van der Waals surface area contributed by atoms with E-state index >= 15 is 0 Å². The second kappa shape index (κ2) is 6.47. The SMILES string of the molecule is CN=C(NCCC(F)(F)F)N1CCC(N2CC=CC2)C1. The van der Waals surface area contributed by atoms with Crippen LogP contribution in [-0.2, 0) is 0 Å². The lowest BCUT2D eigenvalue weighted by Crippen LogP contribution is -2.43. The highest BCUT2D eigenvalue weighted by atomic mass is 19.4. The van der Waals surface area contributed by atoms with E-state index in [1.54, 1.807) is 7.05 Å². The third kappa shape index (κ3) is 4.13. The van der Waals surface area contributed by atoms with Gasteiger partial charge in [0.2, 0.25) is 0 Å². The minimum Gasteiger partial charge on any atom is -0.356 e. The lowest BCUT2D eigenvalue weighted by atomic mass is 10.2. The molecule has 4 nitrogen and oxygen atoms in total. The van der Waals surface area contributed by atoms with Crippen LogP contribution in [0.5, 0.6) is 0 Å². The van der Waals surface area contributed by atoms with E-state index in [-0.39, 0.29) is 6.54 Å². The molecule has 0 aliphatic carbocycles. The number of alkyl halides is 3. The lowest BCUT2D eigenvalue weighted by Gasteiger charge is -2.25. The average Bonchev–Trinajstić information content (AvgIpc) is 3.03. The lowest BCUT2D eigenvalue weighted by molar-refractivity contribution is -0.132. The Morgan fingerprint density at radius 2 is 2.05 bits per heavy atom. The van der Waals surface area contributed by atoms with Crippen LogP contribution in [0.3, 0.4) is 0 Å². The molecule has 0 bridgehead atoms. The number of rotatable bonds is 3. The second-order valence-electron chi connectivity index (χ2n) is 5.15. The summed E-state index contributed by atoms with van der Waals surface area (Å²) in [5.74, 6) is 0.573. The summed E-state index contributed by atoms with van der Waals surface area (Å²) in [5.41, 5.74) is 0. The minimum absolute atomic E-state index is 0.122. The molecule has 0 radical (unpaired) electrons. The molecular formula is C13H21F3N4. The second-order valence-corrected chi connectivity index (χ2v) is 5.15. The fourth-order valence-electron chi connectivity index (χ4n) is 2.67. The van der Waals surface area contributed by atoms with Crippen LogP contribution in [-0.4, -0.2) is 67.7 Å². The van der Waals surface area contributed by atoms with Crippen LogP contribution >= 0.6 is 0 Å². The first-order chi connectivity index (χ1) is 9.49. The molecule has 114 valence electrons. The van der Waals surface area contributed by atoms with Crippen LogP contribution in [0.4, 0.5) is 13.2 Å². The van der Waals surface area contributed by atoms with Crippen molar-refractivity contribution < 1.29 is 13.2 Å². The third-order valence-corrected chi connectivity index (χ3v) is 3.73. The van der Waals surface area contributed by atoms with E-state index in [1.165, 1.54) is 0 Å². The molecule has 0 aromatic carbocycles. The smallest absolute Gasteiger partial charge is 0.356 e. The fraction of sp³-hybridized carbons (Fsp3) is 0.769. The number of hydrogen-bond donors (Lipinski definition) is 1. The fourth-order valence-corrected chi connectivity index (χ4v) is 2.67. The van der Waals surface area contributed by atoms with Crippen LogP contribution in [0.25, 0.3) is 0 Å². The van der Waals surface area contributed by atoms with E-state index in [9.17, 15) is 13.2 Å². The van der Waals surface area contributed by atoms with E-state index in [0.29, 0.717) is 12.0 Å². The number of nitrogens with one attached hydrogen (secondary N) is 1. The Hall–Kier alpha value is -1.24. The summed E-state index contributed by atoms with van der Waals surface area (Å²) >= 11 is 0. The van der Waals surface area contributed by atoms with Gasteiger partial charge in [0, 0.05) is 45.8 Å². The first kappa shape index (κ1) is 15.2. The van der Waals surface area contributed by atoms with Crippen molar-refractivity contribution in [2.45, 2.75) is 25.1 Å². The van der Waals surface area contributed by atoms with Crippen LogP contribution in [0.2, 0.25) is 0 Å². The zero-order valence-electron chi connectivity index (χ0n) is 11.7. The number of likely N-dealkylation sites (tertiary alicyclic amines) is 1. The van der Waals surface area contributed by atoms with Gasteiger partial charge < -0.3 is 10.2 Å². The number of nitrogens with zero attached hydrogens (tertiary/aromatic N) is 3. The van der Waals surface area contributed by atoms with Gasteiger partial charge in [-0.3, -0.25) is 9.89 Å². The van der Waals surface area contributed by atoms with Gasteiger partial charge in [-0.1, -0.05) is 12.2 Å². The molecule has 2 aliphatic rings. The molecule has 7 heteroatoms. The summed E-state index contributed by atoms with van der Waals surface area (Å²) in [5, 5.41) is 2.80. The van der Waals surface area contributed by atoms with Crippen molar-refractivity contribution in [3.05, 3.63) is 12.2 Å². The molecule has 0 saturated carbocycles. The monoisotopic (exact) mass is 290 g/mol. The number of hydrogen-bond acceptors (Lipinski definition) is 2. The Bertz CT molecular complexity index is 370. The Balaban J connectivity index is 1.78. The van der Waals surface area contributed by atoms with Crippen LogP contribution in [0.1, 0.15) is 12.8 Å². The third-order valence-electron chi connectivity index (χ3n) is 3.73. The Labute approximate surface area is 117 Å². The zero-order valence-corrected chi connectivity index (χ0v) is 11.7. The van der Waals surface area contributed by atoms with Gasteiger partial charge in [0.05, 0.1) is 6.42 Å². The van der Waals surface area contributed by atoms with Crippen LogP contribution in [0, 0.1) is 0 Å². The normalized spacial score (nSPS) is 24.7. The summed E-state index contributed by atoms with van der Waals surface area (Å²) in [7, 11) is 1.61. The van der Waals surface area contributed by atoms with Crippen molar-refractivity contribution in [1.29, 1.82) is 0 Å². The van der Waals surface area contributed by atoms with Gasteiger partial charge in [0.15, 0.2) is 5.96 Å². The molecule has 1 saturated heterocycles. The maximum atomic E-state index is 12.1. The highest BCUT2D eigenvalue weighted by Gasteiger charge is 2.30. The van der Waals surface area contributed by atoms with Gasteiger partial charge in [0.1, 0.15) is 0 Å². The zero-order chi connectivity index (χ0) is 14.6. The van der Waals surface area contributed by atoms with Gasteiger partial charge >= 0.3 is 6.18 Å². The predicted molar refractivity (Wildman–Crippen MR) is 72.7 cm³/mol. The first-order valence-electron chi connectivity index (χ1n) is 6.91. The Kier molecular flexibility index (Phi) is 4.91. The van der Waals surface area contributed by atoms with Crippen molar-refractivity contribution in [3.8, 4) is 0 Å². The Morgan fingerprint density at radius 1 is 1.35 bits per heavy atom. The molecule has 2 heterocycles. The van der Waals surface area contributed by atoms with E-state index in [2.05, 4.69) is 27.4 Å². The number of aliphatic imine (C=N–C) groups is 1. The maximum absolute atomic E-state index is 12.1. The van der Waals surface area contributed by atoms with Crippen molar-refractivity contribution >= 4 is 5.96 Å². The van der Waals surface area contributed by atoms with Crippen molar-refractivity contribution in [1.82, 2.24) is 15.1 Å². The molecule has 2 aliphatic heterocycles. The standard InChI is InChI=1S/C13H21F3N4/c1-17-12(18-6-5-13(14,15)16)20-9-4-11(10-20)19-7-2-3-8-19/h2-3,11H,4-10H2,1H3,(H,17,18). The van der Waals surface area contributed by atoms with Crippen molar-refractivity contribution in [3.63, 3.8) is 0 Å². The molecule has 0 amide bonds. The summed E-state index contributed by atoms with van der Waals surface area (Å²) in [6, 6.07) is 0.464. The summed E-state index contributed by atoms with van der Waals surface area (Å²) < 4.78 is 36.4. The summed E-state index contributed by atoms with van der Waals surface area (Å²) in [4.78, 5) is 8.50. The van der Waals surface area contributed by atoms with E-state index < -0.39 is 12.6 Å². The van der Waals surface area contributed by atoms with Gasteiger partial charge in [-0.15, -0.1) is 0 Å². The van der Waals surface area contributed by atoms with E-state index in [1.807, 2.05) is 4.90 Å². The van der Waals surface area contributed by atoms with Crippen molar-refractivity contribution in [2.24, 2.45) is 4.99 Å². The Morgan fingerprint density at radius 3 is 2.65 bits per heavy atom. The minimum atomic E-state index is -4.12. The highest BCUT2D eigenvalue weighted by molar-refractivity contribution is 5.80. The van der Waals surface area contributed by atoms with Gasteiger partial charge in [-0.05, 0) is 6.42 Å². The molecule has 1 N–H and O–H groups in total. The van der Waals surface area contributed by atoms with Gasteiger partial charge in [-0.25, -0.2) is 0 Å². The average molecular weight is 290 g/mol. The highest BCUT2D eigenvalue weighted by Crippen LogP contribution is 2.19. The molecule has 1 atom stereocenters. The number of guanidine groups is 1. The molecular weight excluding hydrogens is 269 g/mol. The van der Waals surface area contributed by atoms with Crippen LogP contribution < -0.4 is 5.32 Å². The van der Waals surface area contributed by atoms with Gasteiger partial charge in [-0.2, -0.15) is 13.2 Å².